The van der Waals surface area contributed by atoms with Gasteiger partial charge in [-0.05, 0) is 42.0 Å². The molecule has 1 N–H and O–H groups in total. The van der Waals surface area contributed by atoms with E-state index in [0.717, 1.165) is 11.1 Å². The van der Waals surface area contributed by atoms with Gasteiger partial charge in [0.25, 0.3) is 5.91 Å². The molecule has 146 valence electrons. The average molecular weight is 390 g/mol. The van der Waals surface area contributed by atoms with E-state index in [1.807, 2.05) is 36.4 Å². The third-order valence-electron chi connectivity index (χ3n) is 4.69. The fourth-order valence-corrected chi connectivity index (χ4v) is 3.25. The summed E-state index contributed by atoms with van der Waals surface area (Å²) in [6.07, 6.45) is 1.64. The fourth-order valence-electron chi connectivity index (χ4n) is 3.25. The van der Waals surface area contributed by atoms with Crippen LogP contribution in [0.4, 0.5) is 4.39 Å². The maximum Gasteiger partial charge on any atom is 0.330 e. The molecule has 0 saturated heterocycles. The van der Waals surface area contributed by atoms with Gasteiger partial charge in [-0.25, -0.2) is 14.2 Å². The summed E-state index contributed by atoms with van der Waals surface area (Å²) in [5, 5.41) is 2.76. The highest BCUT2D eigenvalue weighted by Gasteiger charge is 2.14. The molecule has 0 aliphatic rings. The molecule has 0 bridgehead atoms. The minimum atomic E-state index is -0.398. The lowest BCUT2D eigenvalue weighted by Crippen LogP contribution is -2.32. The number of amides is 1. The third-order valence-corrected chi connectivity index (χ3v) is 4.69. The number of aromatic nitrogens is 3. The average Bonchev–Trinajstić information content (AvgIpc) is 3.01. The number of nitrogens with one attached hydrogen (secondary N) is 1. The van der Waals surface area contributed by atoms with Gasteiger partial charge >= 0.3 is 5.69 Å². The van der Waals surface area contributed by atoms with Crippen LogP contribution >= 0.6 is 0 Å². The second-order valence-corrected chi connectivity index (χ2v) is 6.61. The van der Waals surface area contributed by atoms with Crippen molar-refractivity contribution in [2.45, 2.75) is 13.1 Å². The van der Waals surface area contributed by atoms with E-state index >= 15 is 0 Å². The number of halogens is 1. The molecule has 4 aromatic rings. The lowest BCUT2D eigenvalue weighted by Gasteiger charge is -2.06. The Morgan fingerprint density at radius 1 is 0.966 bits per heavy atom. The first-order chi connectivity index (χ1) is 14.1. The normalized spacial score (nSPS) is 10.9. The van der Waals surface area contributed by atoms with Gasteiger partial charge in [-0.2, -0.15) is 0 Å². The smallest absolute Gasteiger partial charge is 0.330 e. The highest BCUT2D eigenvalue weighted by atomic mass is 19.1. The molecule has 7 heteroatoms. The van der Waals surface area contributed by atoms with Crippen LogP contribution in [0.15, 0.2) is 77.7 Å². The van der Waals surface area contributed by atoms with Gasteiger partial charge in [0.1, 0.15) is 5.82 Å². The summed E-state index contributed by atoms with van der Waals surface area (Å²) in [5.41, 5.74) is 2.51. The van der Waals surface area contributed by atoms with E-state index in [1.54, 1.807) is 21.4 Å². The van der Waals surface area contributed by atoms with E-state index in [4.69, 9.17) is 0 Å². The van der Waals surface area contributed by atoms with Gasteiger partial charge in [-0.1, -0.05) is 30.3 Å². The topological polar surface area (TPSA) is 68.9 Å². The van der Waals surface area contributed by atoms with E-state index in [9.17, 15) is 14.0 Å². The molecule has 0 fully saturated rings. The summed E-state index contributed by atoms with van der Waals surface area (Å²) < 4.78 is 16.2. The number of fused-ring (bicyclic) bond motifs is 1. The molecule has 4 rings (SSSR count). The molecule has 2 heterocycles. The second kappa shape index (κ2) is 8.10. The summed E-state index contributed by atoms with van der Waals surface area (Å²) in [6, 6.07) is 18.7. The minimum Gasteiger partial charge on any atom is -0.350 e. The second-order valence-electron chi connectivity index (χ2n) is 6.61. The molecule has 0 aliphatic carbocycles. The number of carbonyl (C=O) groups excluding carboxylic acids is 1. The Balaban J connectivity index is 1.54. The van der Waals surface area contributed by atoms with Gasteiger partial charge in [0, 0.05) is 24.8 Å². The first-order valence-corrected chi connectivity index (χ1v) is 9.25. The number of benzene rings is 2. The SMILES string of the molecule is O=C(NCCn1c(=O)n(Cc2ccccc2)c2cccnc21)c1ccc(F)cc1. The molecule has 2 aromatic heterocycles. The Morgan fingerprint density at radius 3 is 2.48 bits per heavy atom. The van der Waals surface area contributed by atoms with Crippen LogP contribution in [0.25, 0.3) is 11.2 Å². The van der Waals surface area contributed by atoms with Crippen molar-refractivity contribution < 1.29 is 9.18 Å². The zero-order valence-corrected chi connectivity index (χ0v) is 15.6. The van der Waals surface area contributed by atoms with Gasteiger partial charge < -0.3 is 5.32 Å². The highest BCUT2D eigenvalue weighted by molar-refractivity contribution is 5.94. The number of imidazole rings is 1. The summed E-state index contributed by atoms with van der Waals surface area (Å²) in [4.78, 5) is 29.6. The van der Waals surface area contributed by atoms with Crippen LogP contribution in [0.3, 0.4) is 0 Å². The van der Waals surface area contributed by atoms with Gasteiger partial charge in [0.05, 0.1) is 12.1 Å². The van der Waals surface area contributed by atoms with Crippen LogP contribution in [0, 0.1) is 5.82 Å². The van der Waals surface area contributed by atoms with E-state index in [1.165, 1.54) is 24.3 Å². The predicted octanol–water partition coefficient (Wildman–Crippen LogP) is 2.82. The minimum absolute atomic E-state index is 0.182. The quantitative estimate of drug-likeness (QED) is 0.550. The van der Waals surface area contributed by atoms with E-state index < -0.39 is 5.82 Å². The number of pyridine rings is 1. The third kappa shape index (κ3) is 3.94. The Morgan fingerprint density at radius 2 is 1.72 bits per heavy atom. The molecule has 2 aromatic carbocycles. The molecule has 6 nitrogen and oxygen atoms in total. The summed E-state index contributed by atoms with van der Waals surface area (Å²) in [6.45, 7) is 0.967. The first-order valence-electron chi connectivity index (χ1n) is 9.25. The van der Waals surface area contributed by atoms with Crippen molar-refractivity contribution >= 4 is 17.1 Å². The molecular weight excluding hydrogens is 371 g/mol. The number of hydrogen-bond donors (Lipinski definition) is 1. The van der Waals surface area contributed by atoms with Crippen molar-refractivity contribution in [1.29, 1.82) is 0 Å². The fraction of sp³-hybridized carbons (Fsp3) is 0.136. The van der Waals surface area contributed by atoms with E-state index in [2.05, 4.69) is 10.3 Å². The van der Waals surface area contributed by atoms with Crippen LogP contribution in [0.2, 0.25) is 0 Å². The van der Waals surface area contributed by atoms with Gasteiger partial charge in [0.15, 0.2) is 5.65 Å². The molecule has 0 unspecified atom stereocenters. The number of nitrogens with zero attached hydrogens (tertiary/aromatic N) is 3. The summed E-state index contributed by atoms with van der Waals surface area (Å²) >= 11 is 0. The Kier molecular flexibility index (Phi) is 5.20. The van der Waals surface area contributed by atoms with Gasteiger partial charge in [-0.3, -0.25) is 13.9 Å². The lowest BCUT2D eigenvalue weighted by molar-refractivity contribution is 0.0952. The molecule has 1 amide bonds. The largest absolute Gasteiger partial charge is 0.350 e. The molecule has 0 saturated carbocycles. The summed E-state index contributed by atoms with van der Waals surface area (Å²) in [7, 11) is 0. The van der Waals surface area contributed by atoms with Crippen LogP contribution in [0.5, 0.6) is 0 Å². The molecule has 0 atom stereocenters. The summed E-state index contributed by atoms with van der Waals surface area (Å²) in [5.74, 6) is -0.718. The van der Waals surface area contributed by atoms with Gasteiger partial charge in [0.2, 0.25) is 0 Å². The van der Waals surface area contributed by atoms with E-state index in [0.29, 0.717) is 17.8 Å². The van der Waals surface area contributed by atoms with E-state index in [-0.39, 0.29) is 24.7 Å². The maximum absolute atomic E-state index is 13.0. The molecule has 29 heavy (non-hydrogen) atoms. The molecule has 0 aliphatic heterocycles. The van der Waals surface area contributed by atoms with Gasteiger partial charge in [-0.15, -0.1) is 0 Å². The highest BCUT2D eigenvalue weighted by Crippen LogP contribution is 2.12. The zero-order chi connectivity index (χ0) is 20.2. The molecule has 0 spiro atoms. The number of rotatable bonds is 6. The van der Waals surface area contributed by atoms with Crippen molar-refractivity contribution in [3.8, 4) is 0 Å². The number of hydrogen-bond acceptors (Lipinski definition) is 3. The van der Waals surface area contributed by atoms with Crippen LogP contribution in [-0.2, 0) is 13.1 Å². The standard InChI is InChI=1S/C22H19FN4O2/c23-18-10-8-17(9-11-18)21(28)25-13-14-26-20-19(7-4-12-24-20)27(22(26)29)15-16-5-2-1-3-6-16/h1-12H,13-15H2,(H,25,28). The van der Waals surface area contributed by atoms with Crippen molar-refractivity contribution in [1.82, 2.24) is 19.4 Å². The first kappa shape index (κ1) is 18.6. The van der Waals surface area contributed by atoms with Crippen LogP contribution < -0.4 is 11.0 Å². The Hall–Kier alpha value is -3.74. The van der Waals surface area contributed by atoms with Crippen molar-refractivity contribution in [2.75, 3.05) is 6.54 Å². The van der Waals surface area contributed by atoms with Crippen molar-refractivity contribution in [3.63, 3.8) is 0 Å². The maximum atomic E-state index is 13.0. The van der Waals surface area contributed by atoms with Crippen LogP contribution in [0.1, 0.15) is 15.9 Å². The Bertz CT molecular complexity index is 1200. The van der Waals surface area contributed by atoms with Crippen molar-refractivity contribution in [2.24, 2.45) is 0 Å². The van der Waals surface area contributed by atoms with Crippen LogP contribution in [-0.4, -0.2) is 26.6 Å². The number of carbonyl (C=O) groups is 1. The Labute approximate surface area is 166 Å². The predicted molar refractivity (Wildman–Crippen MR) is 108 cm³/mol. The molecular formula is C22H19FN4O2. The van der Waals surface area contributed by atoms with Crippen molar-refractivity contribution in [3.05, 3.63) is 100 Å². The lowest BCUT2D eigenvalue weighted by atomic mass is 10.2. The zero-order valence-electron chi connectivity index (χ0n) is 15.6. The monoisotopic (exact) mass is 390 g/mol. The molecule has 0 radical (unpaired) electrons.